The minimum absolute atomic E-state index is 0.0425. The van der Waals surface area contributed by atoms with Crippen molar-refractivity contribution in [3.05, 3.63) is 98.8 Å². The number of carbonyl (C=O) groups excluding carboxylic acids is 3. The first kappa shape index (κ1) is 56.7. The van der Waals surface area contributed by atoms with Gasteiger partial charge in [-0.15, -0.1) is 16.4 Å². The van der Waals surface area contributed by atoms with Crippen molar-refractivity contribution in [3.8, 4) is 11.5 Å². The van der Waals surface area contributed by atoms with Gasteiger partial charge in [0.1, 0.15) is 23.8 Å². The average Bonchev–Trinajstić information content (AvgIpc) is 4.07. The molecule has 5 heterocycles. The maximum atomic E-state index is 13.5. The number of fused-ring (bicyclic) bond motifs is 1. The minimum Gasteiger partial charge on any atom is -0.497 e. The van der Waals surface area contributed by atoms with Crippen molar-refractivity contribution < 1.29 is 52.3 Å². The Kier molecular flexibility index (Phi) is 23.1. The minimum atomic E-state index is -0.444. The summed E-state index contributed by atoms with van der Waals surface area (Å²) >= 11 is 2.57. The Morgan fingerprint density at radius 1 is 0.800 bits per heavy atom. The molecule has 2 aromatic carbocycles. The average molecular weight is 1080 g/mol. The molecule has 1 saturated heterocycles. The lowest BCUT2D eigenvalue weighted by atomic mass is 9.94. The van der Waals surface area contributed by atoms with E-state index in [0.717, 1.165) is 35.5 Å². The first-order valence-corrected chi connectivity index (χ1v) is 26.7. The van der Waals surface area contributed by atoms with Crippen LogP contribution in [0.25, 0.3) is 0 Å². The summed E-state index contributed by atoms with van der Waals surface area (Å²) in [4.78, 5) is 67.2. The molecule has 23 nitrogen and oxygen atoms in total. The number of piperazine rings is 1. The van der Waals surface area contributed by atoms with Crippen molar-refractivity contribution >= 4 is 51.8 Å². The lowest BCUT2D eigenvalue weighted by molar-refractivity contribution is -0.133. The highest BCUT2D eigenvalue weighted by atomic mass is 32.2. The number of thioether (sulfide) groups is 1. The number of ether oxygens (including phenoxy) is 8. The molecule has 1 fully saturated rings. The summed E-state index contributed by atoms with van der Waals surface area (Å²) in [6.07, 6.45) is 4.16. The van der Waals surface area contributed by atoms with Crippen LogP contribution in [-0.2, 0) is 70.5 Å². The van der Waals surface area contributed by atoms with Gasteiger partial charge in [0.25, 0.3) is 0 Å². The van der Waals surface area contributed by atoms with E-state index in [1.807, 2.05) is 48.2 Å². The van der Waals surface area contributed by atoms with Crippen LogP contribution >= 0.6 is 23.1 Å². The molecule has 406 valence electrons. The maximum absolute atomic E-state index is 13.5. The summed E-state index contributed by atoms with van der Waals surface area (Å²) in [5.41, 5.74) is 4.47. The number of benzene rings is 2. The Morgan fingerprint density at radius 3 is 2.24 bits per heavy atom. The third-order valence-electron chi connectivity index (χ3n) is 11.9. The van der Waals surface area contributed by atoms with Gasteiger partial charge in [0.15, 0.2) is 5.13 Å². The van der Waals surface area contributed by atoms with E-state index in [1.54, 1.807) is 41.4 Å². The number of aryl methyl sites for hydroxylation is 1. The van der Waals surface area contributed by atoms with Gasteiger partial charge in [-0.3, -0.25) is 14.9 Å². The van der Waals surface area contributed by atoms with Gasteiger partial charge in [-0.1, -0.05) is 23.0 Å². The van der Waals surface area contributed by atoms with Crippen LogP contribution in [0.5, 0.6) is 11.5 Å². The number of nitrogens with zero attached hydrogens (tertiary/aromatic N) is 8. The summed E-state index contributed by atoms with van der Waals surface area (Å²) < 4.78 is 47.3. The molecule has 0 unspecified atom stereocenters. The van der Waals surface area contributed by atoms with E-state index in [1.165, 1.54) is 29.3 Å². The number of carbonyl (C=O) groups is 3. The number of likely N-dealkylation sites (N-methyl/N-ethyl adjacent to an activating group) is 1. The van der Waals surface area contributed by atoms with Gasteiger partial charge in [0.05, 0.1) is 128 Å². The Balaban J connectivity index is 0.652. The van der Waals surface area contributed by atoms with E-state index in [0.29, 0.717) is 151 Å². The van der Waals surface area contributed by atoms with E-state index in [4.69, 9.17) is 37.9 Å². The molecule has 2 aliphatic heterocycles. The number of urea groups is 1. The number of amides is 4. The summed E-state index contributed by atoms with van der Waals surface area (Å²) in [6, 6.07) is 12.3. The molecule has 3 aromatic heterocycles. The summed E-state index contributed by atoms with van der Waals surface area (Å²) in [5.74, 6) is 1.57. The number of aromatic amines is 1. The Morgan fingerprint density at radius 2 is 1.49 bits per heavy atom. The third kappa shape index (κ3) is 19.2. The monoisotopic (exact) mass is 1080 g/mol. The highest BCUT2D eigenvalue weighted by molar-refractivity contribution is 7.99. The van der Waals surface area contributed by atoms with Crippen molar-refractivity contribution in [1.82, 2.24) is 44.6 Å². The highest BCUT2D eigenvalue weighted by Gasteiger charge is 2.30. The van der Waals surface area contributed by atoms with Crippen LogP contribution in [0.2, 0.25) is 0 Å². The predicted molar refractivity (Wildman–Crippen MR) is 280 cm³/mol. The zero-order valence-corrected chi connectivity index (χ0v) is 44.3. The van der Waals surface area contributed by atoms with Crippen molar-refractivity contribution in [2.75, 3.05) is 136 Å². The van der Waals surface area contributed by atoms with Crippen LogP contribution in [-0.4, -0.2) is 194 Å². The smallest absolute Gasteiger partial charge is 0.345 e. The third-order valence-corrected chi connectivity index (χ3v) is 13.8. The van der Waals surface area contributed by atoms with Crippen LogP contribution in [0.1, 0.15) is 28.1 Å². The number of H-pyrrole nitrogens is 1. The van der Waals surface area contributed by atoms with E-state index in [-0.39, 0.29) is 30.0 Å². The molecule has 0 radical (unpaired) electrons. The highest BCUT2D eigenvalue weighted by Crippen LogP contribution is 2.29. The molecular formula is C50H67N11O12S2. The Labute approximate surface area is 443 Å². The summed E-state index contributed by atoms with van der Waals surface area (Å²) in [5, 5.41) is 16.6. The quantitative estimate of drug-likeness (QED) is 0.0326. The van der Waals surface area contributed by atoms with E-state index in [2.05, 4.69) is 40.8 Å². The van der Waals surface area contributed by atoms with Gasteiger partial charge in [0, 0.05) is 50.0 Å². The van der Waals surface area contributed by atoms with E-state index >= 15 is 0 Å². The fourth-order valence-electron chi connectivity index (χ4n) is 7.83. The van der Waals surface area contributed by atoms with Crippen LogP contribution in [0, 0.1) is 6.92 Å². The fourth-order valence-corrected chi connectivity index (χ4v) is 9.41. The van der Waals surface area contributed by atoms with Gasteiger partial charge in [0.2, 0.25) is 11.8 Å². The van der Waals surface area contributed by atoms with Crippen molar-refractivity contribution in [2.24, 2.45) is 0 Å². The molecular weight excluding hydrogens is 1010 g/mol. The molecule has 4 amide bonds. The Bertz CT molecular complexity index is 2610. The topological polar surface area (TPSA) is 248 Å². The van der Waals surface area contributed by atoms with Gasteiger partial charge < -0.3 is 62.9 Å². The van der Waals surface area contributed by atoms with Gasteiger partial charge in [-0.05, 0) is 73.5 Å². The van der Waals surface area contributed by atoms with Gasteiger partial charge >= 0.3 is 11.7 Å². The summed E-state index contributed by atoms with van der Waals surface area (Å²) in [6.45, 7) is 11.0. The molecule has 0 saturated carbocycles. The second kappa shape index (κ2) is 30.5. The number of nitrogens with one attached hydrogen (secondary N) is 3. The van der Waals surface area contributed by atoms with Gasteiger partial charge in [-0.2, -0.15) is 0 Å². The molecule has 0 bridgehead atoms. The normalized spacial score (nSPS) is 14.7. The standard InChI is InChI=1S/C50H67N11O12S2/c1-36-29-51-48(64)54-47(36)74-35-46(63)61-30-37-4-7-44(66-3)27-38(37)26-42(61)33-72-23-21-69-19-18-68-17-16-67-15-14-60-31-41(56-57-60)32-71-22-20-70-24-25-73-43-8-5-39(6-9-43)52-49(65)55-50-53-40(34-75-50)28-45(62)59-12-10-58(2)11-13-59/h4-9,27,29,31,34,42H,10-26,28,30,32-33,35H2,1-3H3,(H,51,54,64)(H2,52,53,55,65)/t42-/m1/s1. The van der Waals surface area contributed by atoms with E-state index < -0.39 is 11.7 Å². The zero-order valence-electron chi connectivity index (χ0n) is 42.7. The second-order valence-corrected chi connectivity index (χ2v) is 19.4. The van der Waals surface area contributed by atoms with E-state index in [9.17, 15) is 19.2 Å². The number of aromatic nitrogens is 6. The van der Waals surface area contributed by atoms with Crippen LogP contribution in [0.3, 0.4) is 0 Å². The van der Waals surface area contributed by atoms with Crippen molar-refractivity contribution in [2.45, 2.75) is 50.5 Å². The van der Waals surface area contributed by atoms with Crippen molar-refractivity contribution in [1.29, 1.82) is 0 Å². The number of hydrogen-bond acceptors (Lipinski definition) is 19. The lowest BCUT2D eigenvalue weighted by Crippen LogP contribution is -2.47. The largest absolute Gasteiger partial charge is 0.497 e. The number of rotatable bonds is 31. The van der Waals surface area contributed by atoms with Crippen LogP contribution < -0.4 is 25.8 Å². The number of methoxy groups -OCH3 is 1. The second-order valence-electron chi connectivity index (χ2n) is 17.5. The molecule has 0 spiro atoms. The molecule has 7 rings (SSSR count). The lowest BCUT2D eigenvalue weighted by Gasteiger charge is -2.37. The fraction of sp³-hybridized carbons (Fsp3) is 0.520. The number of thiazole rings is 1. The zero-order chi connectivity index (χ0) is 52.6. The van der Waals surface area contributed by atoms with Gasteiger partial charge in [-0.25, -0.2) is 24.2 Å². The SMILES string of the molecule is COc1ccc2c(c1)C[C@H](COCCOCCOCCOCCn1cc(COCCOCCOc3ccc(NC(=O)Nc4nc(CC(=O)N5CCN(C)CC5)cs4)cc3)nn1)N(C(=O)CSc1[nH]c(=O)ncc1C)C2. The molecule has 25 heteroatoms. The van der Waals surface area contributed by atoms with Crippen LogP contribution in [0.15, 0.2) is 70.1 Å². The van der Waals surface area contributed by atoms with Crippen LogP contribution in [0.4, 0.5) is 15.6 Å². The number of hydrogen-bond donors (Lipinski definition) is 3. The first-order valence-electron chi connectivity index (χ1n) is 24.8. The predicted octanol–water partition coefficient (Wildman–Crippen LogP) is 3.52. The molecule has 2 aliphatic rings. The summed E-state index contributed by atoms with van der Waals surface area (Å²) in [7, 11) is 3.68. The first-order chi connectivity index (χ1) is 36.6. The molecule has 0 aliphatic carbocycles. The maximum Gasteiger partial charge on any atom is 0.345 e. The number of anilines is 2. The molecule has 1 atom stereocenters. The molecule has 75 heavy (non-hydrogen) atoms. The molecule has 5 aromatic rings. The Hall–Kier alpha value is -6.03. The van der Waals surface area contributed by atoms with Crippen molar-refractivity contribution in [3.63, 3.8) is 0 Å². The molecule has 3 N–H and O–H groups in total.